The lowest BCUT2D eigenvalue weighted by molar-refractivity contribution is -0.126. The van der Waals surface area contributed by atoms with Gasteiger partial charge in [0.15, 0.2) is 5.37 Å². The Labute approximate surface area is 145 Å². The quantitative estimate of drug-likeness (QED) is 0.867. The zero-order chi connectivity index (χ0) is 16.9. The number of benzene rings is 2. The fraction of sp³-hybridized carbons (Fsp3) is 0.222. The van der Waals surface area contributed by atoms with Gasteiger partial charge in [-0.25, -0.2) is 0 Å². The highest BCUT2D eigenvalue weighted by atomic mass is 32.2. The van der Waals surface area contributed by atoms with Crippen LogP contribution in [0.15, 0.2) is 54.6 Å². The van der Waals surface area contributed by atoms with Gasteiger partial charge >= 0.3 is 0 Å². The van der Waals surface area contributed by atoms with E-state index < -0.39 is 5.37 Å². The molecule has 24 heavy (non-hydrogen) atoms. The van der Waals surface area contributed by atoms with E-state index in [0.29, 0.717) is 13.2 Å². The van der Waals surface area contributed by atoms with Crippen molar-refractivity contribution in [1.29, 1.82) is 0 Å². The molecular weight excluding hydrogens is 324 g/mol. The van der Waals surface area contributed by atoms with Crippen LogP contribution in [0.3, 0.4) is 0 Å². The number of rotatable bonds is 6. The van der Waals surface area contributed by atoms with Crippen LogP contribution in [-0.2, 0) is 11.3 Å². The summed E-state index contributed by atoms with van der Waals surface area (Å²) in [5.74, 6) is 0.554. The first-order valence-electron chi connectivity index (χ1n) is 7.72. The highest BCUT2D eigenvalue weighted by molar-refractivity contribution is 8.15. The first-order chi connectivity index (χ1) is 11.7. The van der Waals surface area contributed by atoms with Gasteiger partial charge in [0.2, 0.25) is 0 Å². The second-order valence-electron chi connectivity index (χ2n) is 5.28. The lowest BCUT2D eigenvalue weighted by Crippen LogP contribution is -2.33. The Hall–Kier alpha value is -2.47. The summed E-state index contributed by atoms with van der Waals surface area (Å²) < 4.78 is 5.39. The molecule has 1 fully saturated rings. The molecule has 1 saturated heterocycles. The lowest BCUT2D eigenvalue weighted by Gasteiger charge is -2.15. The molecule has 0 aromatic heterocycles. The highest BCUT2D eigenvalue weighted by Crippen LogP contribution is 2.30. The van der Waals surface area contributed by atoms with Gasteiger partial charge in [-0.1, -0.05) is 30.3 Å². The summed E-state index contributed by atoms with van der Waals surface area (Å²) in [5, 5.41) is 2.27. The van der Waals surface area contributed by atoms with E-state index in [9.17, 15) is 9.59 Å². The summed E-state index contributed by atoms with van der Waals surface area (Å²) in [7, 11) is 0. The maximum atomic E-state index is 12.5. The van der Waals surface area contributed by atoms with Gasteiger partial charge in [0.05, 0.1) is 13.2 Å². The number of ether oxygens (including phenoxy) is 1. The van der Waals surface area contributed by atoms with Gasteiger partial charge in [0.25, 0.3) is 11.1 Å². The molecule has 1 atom stereocenters. The molecule has 0 bridgehead atoms. The summed E-state index contributed by atoms with van der Waals surface area (Å²) in [5.41, 5.74) is 1.71. The monoisotopic (exact) mass is 342 g/mol. The van der Waals surface area contributed by atoms with Crippen LogP contribution in [0.2, 0.25) is 0 Å². The average molecular weight is 342 g/mol. The number of hydrogen-bond donors (Lipinski definition) is 1. The molecular formula is C18H18N2O3S. The third-order valence-electron chi connectivity index (χ3n) is 3.58. The summed E-state index contributed by atoms with van der Waals surface area (Å²) >= 11 is 1.01. The van der Waals surface area contributed by atoms with Crippen LogP contribution in [0.1, 0.15) is 12.5 Å². The molecule has 0 radical (unpaired) electrons. The highest BCUT2D eigenvalue weighted by Gasteiger charge is 2.39. The summed E-state index contributed by atoms with van der Waals surface area (Å²) in [6.45, 7) is 2.83. The van der Waals surface area contributed by atoms with E-state index in [1.165, 1.54) is 4.90 Å². The van der Waals surface area contributed by atoms with E-state index in [2.05, 4.69) is 5.32 Å². The largest absolute Gasteiger partial charge is 0.494 e. The molecule has 124 valence electrons. The number of carbonyl (C=O) groups excluding carboxylic acids is 2. The number of thioether (sulfide) groups is 1. The predicted molar refractivity (Wildman–Crippen MR) is 95.0 cm³/mol. The average Bonchev–Trinajstić information content (AvgIpc) is 2.85. The standard InChI is InChI=1S/C18H18N2O3S/c1-2-23-15-10-8-14(9-11-15)19-16-17(21)20(18(22)24-16)12-13-6-4-3-5-7-13/h3-11,16,19H,2,12H2,1H3/t16-/m1/s1. The van der Waals surface area contributed by atoms with Crippen molar-refractivity contribution >= 4 is 28.6 Å². The molecule has 5 nitrogen and oxygen atoms in total. The minimum absolute atomic E-state index is 0.220. The van der Waals surface area contributed by atoms with Crippen molar-refractivity contribution < 1.29 is 14.3 Å². The second-order valence-corrected chi connectivity index (χ2v) is 6.33. The summed E-state index contributed by atoms with van der Waals surface area (Å²) in [6.07, 6.45) is 0. The van der Waals surface area contributed by atoms with Gasteiger partial charge in [0.1, 0.15) is 5.75 Å². The first-order valence-corrected chi connectivity index (χ1v) is 8.60. The van der Waals surface area contributed by atoms with Gasteiger partial charge in [-0.2, -0.15) is 0 Å². The van der Waals surface area contributed by atoms with Crippen LogP contribution < -0.4 is 10.1 Å². The minimum atomic E-state index is -0.598. The van der Waals surface area contributed by atoms with Gasteiger partial charge in [-0.05, 0) is 48.5 Å². The Bertz CT molecular complexity index is 719. The van der Waals surface area contributed by atoms with E-state index in [1.807, 2.05) is 61.5 Å². The number of nitrogens with one attached hydrogen (secondary N) is 1. The molecule has 1 aliphatic heterocycles. The van der Waals surface area contributed by atoms with Crippen LogP contribution in [0.4, 0.5) is 10.5 Å². The number of amides is 2. The first kappa shape index (κ1) is 16.4. The molecule has 2 aromatic carbocycles. The van der Waals surface area contributed by atoms with Crippen molar-refractivity contribution in [2.75, 3.05) is 11.9 Å². The van der Waals surface area contributed by atoms with E-state index in [-0.39, 0.29) is 11.1 Å². The molecule has 1 N–H and O–H groups in total. The number of carbonyl (C=O) groups is 2. The van der Waals surface area contributed by atoms with Crippen LogP contribution in [0, 0.1) is 0 Å². The zero-order valence-electron chi connectivity index (χ0n) is 13.3. The molecule has 2 aromatic rings. The van der Waals surface area contributed by atoms with E-state index in [1.54, 1.807) is 0 Å². The number of hydrogen-bond acceptors (Lipinski definition) is 5. The Balaban J connectivity index is 1.65. The zero-order valence-corrected chi connectivity index (χ0v) is 14.1. The third kappa shape index (κ3) is 3.71. The molecule has 0 saturated carbocycles. The Morgan fingerprint density at radius 2 is 1.79 bits per heavy atom. The molecule has 0 unspecified atom stereocenters. The predicted octanol–water partition coefficient (Wildman–Crippen LogP) is 3.72. The third-order valence-corrected chi connectivity index (χ3v) is 4.55. The topological polar surface area (TPSA) is 58.6 Å². The number of anilines is 1. The fourth-order valence-corrected chi connectivity index (χ4v) is 3.32. The Morgan fingerprint density at radius 3 is 2.46 bits per heavy atom. The fourth-order valence-electron chi connectivity index (χ4n) is 2.41. The molecule has 1 heterocycles. The molecule has 6 heteroatoms. The minimum Gasteiger partial charge on any atom is -0.494 e. The number of nitrogens with zero attached hydrogens (tertiary/aromatic N) is 1. The van der Waals surface area contributed by atoms with E-state index in [4.69, 9.17) is 4.74 Å². The number of imide groups is 1. The molecule has 0 aliphatic carbocycles. The second kappa shape index (κ2) is 7.40. The molecule has 1 aliphatic rings. The van der Waals surface area contributed by atoms with Crippen molar-refractivity contribution in [2.45, 2.75) is 18.8 Å². The molecule has 2 amide bonds. The van der Waals surface area contributed by atoms with Crippen LogP contribution in [0.5, 0.6) is 5.75 Å². The van der Waals surface area contributed by atoms with Crippen LogP contribution >= 0.6 is 11.8 Å². The lowest BCUT2D eigenvalue weighted by atomic mass is 10.2. The SMILES string of the molecule is CCOc1ccc(N[C@@H]2SC(=O)N(Cc3ccccc3)C2=O)cc1. The normalized spacial score (nSPS) is 17.2. The van der Waals surface area contributed by atoms with Gasteiger partial charge in [-0.15, -0.1) is 0 Å². The van der Waals surface area contributed by atoms with Crippen molar-refractivity contribution in [3.05, 3.63) is 60.2 Å². The summed E-state index contributed by atoms with van der Waals surface area (Å²) in [4.78, 5) is 25.9. The van der Waals surface area contributed by atoms with Crippen LogP contribution in [-0.4, -0.2) is 28.0 Å². The van der Waals surface area contributed by atoms with E-state index in [0.717, 1.165) is 28.8 Å². The van der Waals surface area contributed by atoms with Gasteiger partial charge < -0.3 is 10.1 Å². The maximum absolute atomic E-state index is 12.5. The van der Waals surface area contributed by atoms with Crippen molar-refractivity contribution in [1.82, 2.24) is 4.90 Å². The molecule has 0 spiro atoms. The van der Waals surface area contributed by atoms with Crippen molar-refractivity contribution in [2.24, 2.45) is 0 Å². The van der Waals surface area contributed by atoms with Crippen molar-refractivity contribution in [3.63, 3.8) is 0 Å². The van der Waals surface area contributed by atoms with Crippen LogP contribution in [0.25, 0.3) is 0 Å². The van der Waals surface area contributed by atoms with Gasteiger partial charge in [0, 0.05) is 5.69 Å². The Kier molecular flexibility index (Phi) is 5.05. The smallest absolute Gasteiger partial charge is 0.291 e. The summed E-state index contributed by atoms with van der Waals surface area (Å²) in [6, 6.07) is 16.8. The van der Waals surface area contributed by atoms with E-state index >= 15 is 0 Å². The van der Waals surface area contributed by atoms with Crippen molar-refractivity contribution in [3.8, 4) is 5.75 Å². The maximum Gasteiger partial charge on any atom is 0.291 e. The molecule has 3 rings (SSSR count). The Morgan fingerprint density at radius 1 is 1.08 bits per heavy atom. The van der Waals surface area contributed by atoms with Gasteiger partial charge in [-0.3, -0.25) is 14.5 Å².